The lowest BCUT2D eigenvalue weighted by atomic mass is 10.2. The molecule has 1 nitrogen and oxygen atoms in total. The topological polar surface area (TPSA) is 20.2 Å². The van der Waals surface area contributed by atoms with E-state index in [-0.39, 0.29) is 6.61 Å². The zero-order valence-corrected chi connectivity index (χ0v) is 7.29. The Labute approximate surface area is 69.4 Å². The molecule has 0 aliphatic rings. The Morgan fingerprint density at radius 3 is 2.45 bits per heavy atom. The summed E-state index contributed by atoms with van der Waals surface area (Å²) in [5, 5.41) is 8.39. The van der Waals surface area contributed by atoms with Gasteiger partial charge in [0.1, 0.15) is 0 Å². The van der Waals surface area contributed by atoms with Crippen LogP contribution in [0.25, 0.3) is 0 Å². The van der Waals surface area contributed by atoms with Crippen LogP contribution >= 0.6 is 0 Å². The summed E-state index contributed by atoms with van der Waals surface area (Å²) in [5.41, 5.74) is 0. The monoisotopic (exact) mass is 154 g/mol. The maximum Gasteiger partial charge on any atom is 0.0615 e. The highest BCUT2D eigenvalue weighted by Gasteiger charge is 1.79. The van der Waals surface area contributed by atoms with Crippen molar-refractivity contribution in [3.8, 4) is 0 Å². The van der Waals surface area contributed by atoms with Crippen molar-refractivity contribution < 1.29 is 5.11 Å². The molecule has 0 unspecified atom stereocenters. The molecule has 0 radical (unpaired) electrons. The van der Waals surface area contributed by atoms with Crippen LogP contribution < -0.4 is 0 Å². The lowest BCUT2D eigenvalue weighted by Crippen LogP contribution is -1.70. The van der Waals surface area contributed by atoms with Crippen LogP contribution in [0.2, 0.25) is 0 Å². The van der Waals surface area contributed by atoms with Crippen LogP contribution in [0.1, 0.15) is 32.6 Å². The van der Waals surface area contributed by atoms with Gasteiger partial charge in [-0.1, -0.05) is 44.1 Å². The minimum Gasteiger partial charge on any atom is -0.392 e. The van der Waals surface area contributed by atoms with E-state index in [0.717, 1.165) is 6.42 Å². The first-order chi connectivity index (χ1) is 5.41. The van der Waals surface area contributed by atoms with Gasteiger partial charge >= 0.3 is 0 Å². The molecule has 0 saturated heterocycles. The Hall–Kier alpha value is -0.560. The summed E-state index contributed by atoms with van der Waals surface area (Å²) in [4.78, 5) is 0. The Morgan fingerprint density at radius 1 is 1.09 bits per heavy atom. The largest absolute Gasteiger partial charge is 0.392 e. The second-order valence-corrected chi connectivity index (χ2v) is 2.53. The molecule has 0 atom stereocenters. The summed E-state index contributed by atoms with van der Waals surface area (Å²) in [6, 6.07) is 0. The van der Waals surface area contributed by atoms with Gasteiger partial charge in [0.2, 0.25) is 0 Å². The van der Waals surface area contributed by atoms with E-state index >= 15 is 0 Å². The van der Waals surface area contributed by atoms with E-state index < -0.39 is 0 Å². The van der Waals surface area contributed by atoms with Crippen molar-refractivity contribution in [3.63, 3.8) is 0 Å². The van der Waals surface area contributed by atoms with E-state index in [1.54, 1.807) is 6.08 Å². The fraction of sp³-hybridized carbons (Fsp3) is 0.600. The van der Waals surface area contributed by atoms with Crippen LogP contribution in [-0.4, -0.2) is 11.7 Å². The molecule has 0 fully saturated rings. The van der Waals surface area contributed by atoms with Gasteiger partial charge in [-0.25, -0.2) is 0 Å². The van der Waals surface area contributed by atoms with Crippen molar-refractivity contribution in [2.45, 2.75) is 32.6 Å². The van der Waals surface area contributed by atoms with Crippen LogP contribution in [0.4, 0.5) is 0 Å². The van der Waals surface area contributed by atoms with Gasteiger partial charge in [-0.15, -0.1) is 0 Å². The van der Waals surface area contributed by atoms with Crippen molar-refractivity contribution in [1.82, 2.24) is 0 Å². The van der Waals surface area contributed by atoms with E-state index in [0.29, 0.717) is 0 Å². The molecule has 0 saturated carbocycles. The maximum atomic E-state index is 8.39. The van der Waals surface area contributed by atoms with E-state index in [1.165, 1.54) is 19.3 Å². The van der Waals surface area contributed by atoms with E-state index in [4.69, 9.17) is 5.11 Å². The third kappa shape index (κ3) is 9.44. The summed E-state index contributed by atoms with van der Waals surface area (Å²) in [6.45, 7) is 2.34. The number of allylic oxidation sites excluding steroid dienone is 3. The Kier molecular flexibility index (Phi) is 8.96. The van der Waals surface area contributed by atoms with Gasteiger partial charge < -0.3 is 5.11 Å². The van der Waals surface area contributed by atoms with Gasteiger partial charge in [0.05, 0.1) is 6.61 Å². The van der Waals surface area contributed by atoms with Crippen LogP contribution in [0.15, 0.2) is 24.3 Å². The highest BCUT2D eigenvalue weighted by atomic mass is 16.2. The third-order valence-corrected chi connectivity index (χ3v) is 1.46. The molecule has 0 aliphatic carbocycles. The summed E-state index contributed by atoms with van der Waals surface area (Å²) < 4.78 is 0. The number of hydrogen-bond acceptors (Lipinski definition) is 1. The number of hydrogen-bond donors (Lipinski definition) is 1. The molecule has 0 aliphatic heterocycles. The second kappa shape index (κ2) is 9.44. The lowest BCUT2D eigenvalue weighted by molar-refractivity contribution is 0.343. The first-order valence-electron chi connectivity index (χ1n) is 4.34. The summed E-state index contributed by atoms with van der Waals surface area (Å²) >= 11 is 0. The standard InChI is InChI=1S/C10H18O/c1-2-3-4-5-6-7-8-9-10-11/h6-9,11H,2-5,10H2,1H3/b7-6+,9-8-. The third-order valence-electron chi connectivity index (χ3n) is 1.46. The Balaban J connectivity index is 3.09. The van der Waals surface area contributed by atoms with E-state index in [1.807, 2.05) is 12.2 Å². The molecule has 1 heteroatoms. The maximum absolute atomic E-state index is 8.39. The molecule has 1 N–H and O–H groups in total. The van der Waals surface area contributed by atoms with Gasteiger partial charge in [0.15, 0.2) is 0 Å². The molecule has 0 aromatic rings. The molecular formula is C10H18O. The van der Waals surface area contributed by atoms with Crippen molar-refractivity contribution in [1.29, 1.82) is 0 Å². The molecule has 0 rings (SSSR count). The summed E-state index contributed by atoms with van der Waals surface area (Å²) in [5.74, 6) is 0. The van der Waals surface area contributed by atoms with E-state index in [2.05, 4.69) is 13.0 Å². The number of aliphatic hydroxyl groups is 1. The molecule has 11 heavy (non-hydrogen) atoms. The molecule has 0 aromatic heterocycles. The van der Waals surface area contributed by atoms with Crippen LogP contribution in [0.5, 0.6) is 0 Å². The minimum atomic E-state index is 0.138. The van der Waals surface area contributed by atoms with Gasteiger partial charge in [0, 0.05) is 0 Å². The van der Waals surface area contributed by atoms with Crippen molar-refractivity contribution in [3.05, 3.63) is 24.3 Å². The molecule has 0 heterocycles. The van der Waals surface area contributed by atoms with Crippen molar-refractivity contribution in [2.75, 3.05) is 6.61 Å². The number of aliphatic hydroxyl groups excluding tert-OH is 1. The zero-order valence-electron chi connectivity index (χ0n) is 7.29. The zero-order chi connectivity index (χ0) is 8.36. The highest BCUT2D eigenvalue weighted by Crippen LogP contribution is 1.99. The minimum absolute atomic E-state index is 0.138. The van der Waals surface area contributed by atoms with Crippen molar-refractivity contribution in [2.24, 2.45) is 0 Å². The van der Waals surface area contributed by atoms with Crippen LogP contribution in [-0.2, 0) is 0 Å². The first kappa shape index (κ1) is 10.4. The molecule has 0 spiro atoms. The average Bonchev–Trinajstić information content (AvgIpc) is 2.03. The van der Waals surface area contributed by atoms with E-state index in [9.17, 15) is 0 Å². The quantitative estimate of drug-likeness (QED) is 0.460. The van der Waals surface area contributed by atoms with Gasteiger partial charge in [0.25, 0.3) is 0 Å². The van der Waals surface area contributed by atoms with Gasteiger partial charge in [-0.3, -0.25) is 0 Å². The highest BCUT2D eigenvalue weighted by molar-refractivity contribution is 5.02. The first-order valence-corrected chi connectivity index (χ1v) is 4.34. The van der Waals surface area contributed by atoms with Gasteiger partial charge in [-0.2, -0.15) is 0 Å². The molecule has 0 amide bonds. The molecule has 0 bridgehead atoms. The number of unbranched alkanes of at least 4 members (excludes halogenated alkanes) is 3. The molecule has 64 valence electrons. The van der Waals surface area contributed by atoms with Crippen LogP contribution in [0, 0.1) is 0 Å². The SMILES string of the molecule is CCCCC/C=C/C=C\CO. The fourth-order valence-electron chi connectivity index (χ4n) is 0.826. The molecular weight excluding hydrogens is 136 g/mol. The molecule has 0 aromatic carbocycles. The predicted molar refractivity (Wildman–Crippen MR) is 49.5 cm³/mol. The van der Waals surface area contributed by atoms with Crippen LogP contribution in [0.3, 0.4) is 0 Å². The van der Waals surface area contributed by atoms with Gasteiger partial charge in [-0.05, 0) is 12.8 Å². The second-order valence-electron chi connectivity index (χ2n) is 2.53. The summed E-state index contributed by atoms with van der Waals surface area (Å²) in [7, 11) is 0. The average molecular weight is 154 g/mol. The lowest BCUT2D eigenvalue weighted by Gasteiger charge is -1.89. The summed E-state index contributed by atoms with van der Waals surface area (Å²) in [6.07, 6.45) is 12.8. The fourth-order valence-corrected chi connectivity index (χ4v) is 0.826. The smallest absolute Gasteiger partial charge is 0.0615 e. The Bertz CT molecular complexity index is 114. The normalized spacial score (nSPS) is 11.8. The Morgan fingerprint density at radius 2 is 1.82 bits per heavy atom. The number of rotatable bonds is 6. The predicted octanol–water partition coefficient (Wildman–Crippen LogP) is 2.67. The van der Waals surface area contributed by atoms with Crippen molar-refractivity contribution >= 4 is 0 Å².